The molecular weight excluding hydrogens is 778 g/mol. The minimum absolute atomic E-state index is 0.00265. The van der Waals surface area contributed by atoms with Gasteiger partial charge in [-0.25, -0.2) is 13.1 Å². The number of nitrogens with zero attached hydrogens (tertiary/aromatic N) is 1. The van der Waals surface area contributed by atoms with Crippen LogP contribution in [0.25, 0.3) is 0 Å². The molecule has 4 N–H and O–H groups in total. The highest BCUT2D eigenvalue weighted by Gasteiger charge is 2.51. The van der Waals surface area contributed by atoms with E-state index in [1.54, 1.807) is 26.0 Å². The summed E-state index contributed by atoms with van der Waals surface area (Å²) in [6.07, 6.45) is -3.21. The second-order valence-electron chi connectivity index (χ2n) is 18.3. The van der Waals surface area contributed by atoms with Gasteiger partial charge >= 0.3 is 6.18 Å². The highest BCUT2D eigenvalue weighted by atomic mass is 32.2. The van der Waals surface area contributed by atoms with Crippen LogP contribution in [-0.2, 0) is 46.5 Å². The third-order valence-electron chi connectivity index (χ3n) is 11.0. The molecule has 2 aliphatic heterocycles. The van der Waals surface area contributed by atoms with E-state index in [-0.39, 0.29) is 28.5 Å². The summed E-state index contributed by atoms with van der Waals surface area (Å²) in [5.41, 5.74) is 0.819. The molecule has 0 aromatic heterocycles. The van der Waals surface area contributed by atoms with E-state index < -0.39 is 92.4 Å². The predicted octanol–water partition coefficient (Wildman–Crippen LogP) is 5.83. The van der Waals surface area contributed by atoms with Crippen molar-refractivity contribution in [2.75, 3.05) is 0 Å². The van der Waals surface area contributed by atoms with Crippen molar-refractivity contribution in [1.29, 1.82) is 0 Å². The first-order chi connectivity index (χ1) is 26.5. The minimum Gasteiger partial charge on any atom is -0.507 e. The number of fused-ring (bicyclic) bond motifs is 3. The lowest BCUT2D eigenvalue weighted by Gasteiger charge is -2.51. The molecule has 2 unspecified atom stereocenters. The number of Topliss-reactive ketones (excluding diaryl/α,β-unsaturated/α-hetero) is 1. The second kappa shape index (κ2) is 17.0. The molecule has 58 heavy (non-hydrogen) atoms. The van der Waals surface area contributed by atoms with Crippen LogP contribution < -0.4 is 15.4 Å². The summed E-state index contributed by atoms with van der Waals surface area (Å²) in [7, 11) is -4.38. The van der Waals surface area contributed by atoms with Gasteiger partial charge in [0.05, 0.1) is 17.4 Å². The maximum Gasteiger partial charge on any atom is 0.452 e. The Labute approximate surface area is 339 Å². The molecule has 2 aromatic carbocycles. The van der Waals surface area contributed by atoms with E-state index in [1.807, 2.05) is 41.5 Å². The standard InChI is InChI=1S/C42H57F3N4O8S/c1-22(2)32(36(52)42(43,44)45)46-38(54)34-25-11-15-27(16-12-25)49(34)39(55)33(23(3)4)47-37(53)26-13-17-28(18-14-26)58(56,57)48-31(50)21-24-19-29(40(5,6)7)35(51)30(20-24)41(8,9)10/h13-14,17-20,22-23,25,27,32-34,51H,11-12,15-16,21H2,1-10H3,(H,46,54)(H,47,53)(H,48,50)/t25?,27?,32?,33?,34-/m1/s1. The van der Waals surface area contributed by atoms with Crippen LogP contribution in [0, 0.1) is 17.8 Å². The van der Waals surface area contributed by atoms with Crippen molar-refractivity contribution < 1.29 is 50.7 Å². The normalized spacial score (nSPS) is 19.8. The summed E-state index contributed by atoms with van der Waals surface area (Å²) in [4.78, 5) is 67.8. The molecule has 1 saturated carbocycles. The van der Waals surface area contributed by atoms with E-state index in [4.69, 9.17) is 0 Å². The lowest BCUT2D eigenvalue weighted by atomic mass is 9.73. The SMILES string of the molecule is CC(C)C(NC(=O)c1ccc(S(=O)(=O)NC(=O)Cc2cc(C(C)(C)C)c(O)c(C(C)(C)C)c2)cc1)C(=O)N1C2CCC(CC2)[C@@H]1C(=O)NC(C(=O)C(F)(F)F)C(C)C. The van der Waals surface area contributed by atoms with Crippen LogP contribution in [0.15, 0.2) is 41.3 Å². The third kappa shape index (κ3) is 10.4. The Morgan fingerprint density at radius 3 is 1.74 bits per heavy atom. The molecule has 2 saturated heterocycles. The number of hydrogen-bond acceptors (Lipinski definition) is 8. The van der Waals surface area contributed by atoms with Crippen LogP contribution in [0.1, 0.15) is 122 Å². The fourth-order valence-corrected chi connectivity index (χ4v) is 8.80. The van der Waals surface area contributed by atoms with Crippen molar-refractivity contribution in [2.24, 2.45) is 17.8 Å². The van der Waals surface area contributed by atoms with Crippen molar-refractivity contribution in [3.63, 3.8) is 0 Å². The number of phenols is 1. The first kappa shape index (κ1) is 46.2. The van der Waals surface area contributed by atoms with Crippen LogP contribution in [-0.4, -0.2) is 78.2 Å². The van der Waals surface area contributed by atoms with E-state index in [1.165, 1.54) is 30.9 Å². The lowest BCUT2D eigenvalue weighted by molar-refractivity contribution is -0.175. The highest BCUT2D eigenvalue weighted by molar-refractivity contribution is 7.90. The zero-order valence-corrected chi connectivity index (χ0v) is 35.7. The molecule has 12 nitrogen and oxygen atoms in total. The topological polar surface area (TPSA) is 179 Å². The first-order valence-electron chi connectivity index (χ1n) is 19.6. The zero-order valence-electron chi connectivity index (χ0n) is 34.8. The van der Waals surface area contributed by atoms with E-state index in [0.717, 1.165) is 12.1 Å². The molecule has 2 bridgehead atoms. The number of alkyl halides is 3. The summed E-state index contributed by atoms with van der Waals surface area (Å²) in [5.74, 6) is -6.69. The third-order valence-corrected chi connectivity index (χ3v) is 12.4. The molecule has 3 fully saturated rings. The van der Waals surface area contributed by atoms with Gasteiger partial charge in [0.15, 0.2) is 0 Å². The van der Waals surface area contributed by atoms with Gasteiger partial charge in [-0.1, -0.05) is 81.4 Å². The molecule has 16 heteroatoms. The molecule has 4 amide bonds. The molecule has 1 aliphatic carbocycles. The summed E-state index contributed by atoms with van der Waals surface area (Å²) < 4.78 is 68.8. The van der Waals surface area contributed by atoms with Gasteiger partial charge in [-0.3, -0.25) is 24.0 Å². The van der Waals surface area contributed by atoms with E-state index in [2.05, 4.69) is 15.4 Å². The number of phenolic OH excluding ortho intramolecular Hbond substituents is 1. The smallest absolute Gasteiger partial charge is 0.452 e. The molecule has 5 rings (SSSR count). The van der Waals surface area contributed by atoms with Crippen LogP contribution in [0.3, 0.4) is 0 Å². The number of hydrogen-bond donors (Lipinski definition) is 4. The number of aromatic hydroxyl groups is 1. The summed E-state index contributed by atoms with van der Waals surface area (Å²) in [6.45, 7) is 17.7. The lowest BCUT2D eigenvalue weighted by Crippen LogP contribution is -2.67. The van der Waals surface area contributed by atoms with Gasteiger partial charge in [-0.2, -0.15) is 13.2 Å². The van der Waals surface area contributed by atoms with Gasteiger partial charge in [0, 0.05) is 11.6 Å². The fourth-order valence-electron chi connectivity index (χ4n) is 7.81. The number of ketones is 1. The molecule has 3 aliphatic rings. The number of carbonyl (C=O) groups is 5. The number of benzene rings is 2. The largest absolute Gasteiger partial charge is 0.507 e. The molecule has 2 aromatic rings. The van der Waals surface area contributed by atoms with Gasteiger partial charge < -0.3 is 20.6 Å². The van der Waals surface area contributed by atoms with E-state index >= 15 is 0 Å². The van der Waals surface area contributed by atoms with Gasteiger partial charge in [0.2, 0.25) is 17.7 Å². The number of rotatable bonds is 12. The summed E-state index contributed by atoms with van der Waals surface area (Å²) in [6, 6.07) is 3.56. The van der Waals surface area contributed by atoms with Crippen molar-refractivity contribution in [2.45, 2.75) is 147 Å². The van der Waals surface area contributed by atoms with Crippen LogP contribution >= 0.6 is 0 Å². The predicted molar refractivity (Wildman–Crippen MR) is 211 cm³/mol. The zero-order chi connectivity index (χ0) is 43.9. The Morgan fingerprint density at radius 1 is 0.793 bits per heavy atom. The van der Waals surface area contributed by atoms with Gasteiger partial charge in [0.25, 0.3) is 21.7 Å². The maximum atomic E-state index is 14.2. The van der Waals surface area contributed by atoms with Crippen molar-refractivity contribution >= 4 is 39.4 Å². The van der Waals surface area contributed by atoms with Crippen LogP contribution in [0.5, 0.6) is 5.75 Å². The first-order valence-corrected chi connectivity index (χ1v) is 21.1. The number of amides is 4. The number of carbonyl (C=O) groups excluding carboxylic acids is 5. The van der Waals surface area contributed by atoms with Crippen LogP contribution in [0.2, 0.25) is 0 Å². The molecular formula is C42H57F3N4O8S. The Bertz CT molecular complexity index is 1980. The number of halogens is 3. The van der Waals surface area contributed by atoms with Gasteiger partial charge in [-0.15, -0.1) is 0 Å². The average molecular weight is 835 g/mol. The second-order valence-corrected chi connectivity index (χ2v) is 20.0. The molecule has 2 heterocycles. The molecule has 0 spiro atoms. The van der Waals surface area contributed by atoms with Crippen molar-refractivity contribution in [3.05, 3.63) is 58.7 Å². The van der Waals surface area contributed by atoms with Gasteiger partial charge in [0.1, 0.15) is 17.8 Å². The Hall–Kier alpha value is -4.47. The number of piperidine rings is 2. The van der Waals surface area contributed by atoms with E-state index in [0.29, 0.717) is 42.4 Å². The molecule has 0 radical (unpaired) electrons. The van der Waals surface area contributed by atoms with Gasteiger partial charge in [-0.05, 0) is 95.2 Å². The highest BCUT2D eigenvalue weighted by Crippen LogP contribution is 2.42. The van der Waals surface area contributed by atoms with Crippen molar-refractivity contribution in [3.8, 4) is 5.75 Å². The quantitative estimate of drug-likeness (QED) is 0.206. The fraction of sp³-hybridized carbons (Fsp3) is 0.595. The maximum absolute atomic E-state index is 14.2. The number of nitrogens with one attached hydrogen (secondary N) is 3. The monoisotopic (exact) mass is 834 g/mol. The summed E-state index contributed by atoms with van der Waals surface area (Å²) in [5, 5.41) is 16.0. The Balaban J connectivity index is 1.50. The summed E-state index contributed by atoms with van der Waals surface area (Å²) >= 11 is 0. The molecule has 3 atom stereocenters. The Morgan fingerprint density at radius 2 is 1.29 bits per heavy atom. The number of sulfonamides is 1. The van der Waals surface area contributed by atoms with Crippen molar-refractivity contribution in [1.82, 2.24) is 20.3 Å². The average Bonchev–Trinajstić information content (AvgIpc) is 3.11. The molecule has 320 valence electrons. The van der Waals surface area contributed by atoms with E-state index in [9.17, 15) is 50.7 Å². The minimum atomic E-state index is -5.17. The van der Waals surface area contributed by atoms with Crippen LogP contribution in [0.4, 0.5) is 13.2 Å². The Kier molecular flexibility index (Phi) is 13.6.